The number of aromatic nitrogens is 2. The predicted octanol–water partition coefficient (Wildman–Crippen LogP) is 5.27. The van der Waals surface area contributed by atoms with E-state index in [2.05, 4.69) is 10.3 Å². The third-order valence-corrected chi connectivity index (χ3v) is 4.96. The standard InChI is InChI=1S/C26H27N3O4/c1-4-31-22-11-12-24(32-5-2)23(14-22)28-26(30)19-7-9-21(10-8-19)33-17-20-16-29-15-18(3)6-13-25(29)27-20/h6-16H,4-5,17H2,1-3H3,(H,28,30). The Bertz CT molecular complexity index is 1250. The number of carbonyl (C=O) groups excluding carboxylic acids is 1. The van der Waals surface area contributed by atoms with Crippen LogP contribution in [0.2, 0.25) is 0 Å². The fourth-order valence-electron chi connectivity index (χ4n) is 3.42. The minimum atomic E-state index is -0.244. The molecule has 4 rings (SSSR count). The van der Waals surface area contributed by atoms with Crippen LogP contribution in [0.3, 0.4) is 0 Å². The molecule has 4 aromatic rings. The van der Waals surface area contributed by atoms with Gasteiger partial charge >= 0.3 is 0 Å². The summed E-state index contributed by atoms with van der Waals surface area (Å²) in [6.45, 7) is 7.23. The maximum Gasteiger partial charge on any atom is 0.255 e. The van der Waals surface area contributed by atoms with Gasteiger partial charge in [0.15, 0.2) is 0 Å². The first-order valence-corrected chi connectivity index (χ1v) is 10.9. The van der Waals surface area contributed by atoms with Gasteiger partial charge in [-0.25, -0.2) is 4.98 Å². The summed E-state index contributed by atoms with van der Waals surface area (Å²) in [7, 11) is 0. The maximum absolute atomic E-state index is 12.8. The Kier molecular flexibility index (Phi) is 6.78. The van der Waals surface area contributed by atoms with Gasteiger partial charge in [0, 0.05) is 24.0 Å². The lowest BCUT2D eigenvalue weighted by molar-refractivity contribution is 0.102. The SMILES string of the molecule is CCOc1ccc(OCC)c(NC(=O)c2ccc(OCc3cn4cc(C)ccc4n3)cc2)c1. The van der Waals surface area contributed by atoms with Crippen molar-refractivity contribution in [1.82, 2.24) is 9.38 Å². The normalized spacial score (nSPS) is 10.8. The zero-order valence-electron chi connectivity index (χ0n) is 19.0. The molecule has 0 unspecified atom stereocenters. The van der Waals surface area contributed by atoms with Crippen LogP contribution < -0.4 is 19.5 Å². The van der Waals surface area contributed by atoms with Crippen LogP contribution in [-0.4, -0.2) is 28.5 Å². The maximum atomic E-state index is 12.8. The summed E-state index contributed by atoms with van der Waals surface area (Å²) in [5.41, 5.74) is 3.95. The highest BCUT2D eigenvalue weighted by Gasteiger charge is 2.12. The van der Waals surface area contributed by atoms with Crippen molar-refractivity contribution in [2.75, 3.05) is 18.5 Å². The van der Waals surface area contributed by atoms with Crippen molar-refractivity contribution in [3.8, 4) is 17.2 Å². The Balaban J connectivity index is 1.41. The van der Waals surface area contributed by atoms with Gasteiger partial charge in [-0.3, -0.25) is 4.79 Å². The molecule has 0 bridgehead atoms. The summed E-state index contributed by atoms with van der Waals surface area (Å²) in [4.78, 5) is 17.4. The number of rotatable bonds is 9. The van der Waals surface area contributed by atoms with Crippen LogP contribution >= 0.6 is 0 Å². The molecular formula is C26H27N3O4. The van der Waals surface area contributed by atoms with Crippen LogP contribution in [0.25, 0.3) is 5.65 Å². The van der Waals surface area contributed by atoms with Crippen molar-refractivity contribution in [3.05, 3.63) is 83.8 Å². The summed E-state index contributed by atoms with van der Waals surface area (Å²) in [5.74, 6) is 1.68. The smallest absolute Gasteiger partial charge is 0.255 e. The van der Waals surface area contributed by atoms with Crippen molar-refractivity contribution < 1.29 is 19.0 Å². The molecule has 0 aliphatic carbocycles. The van der Waals surface area contributed by atoms with E-state index in [1.165, 1.54) is 5.56 Å². The van der Waals surface area contributed by atoms with E-state index in [-0.39, 0.29) is 5.91 Å². The molecule has 0 saturated heterocycles. The lowest BCUT2D eigenvalue weighted by Gasteiger charge is -2.14. The van der Waals surface area contributed by atoms with Gasteiger partial charge in [-0.2, -0.15) is 0 Å². The highest BCUT2D eigenvalue weighted by atomic mass is 16.5. The molecule has 0 radical (unpaired) electrons. The number of fused-ring (bicyclic) bond motifs is 1. The molecule has 0 aliphatic rings. The van der Waals surface area contributed by atoms with Crippen LogP contribution in [0.1, 0.15) is 35.5 Å². The van der Waals surface area contributed by atoms with E-state index in [0.717, 1.165) is 11.3 Å². The van der Waals surface area contributed by atoms with Crippen molar-refractivity contribution in [2.45, 2.75) is 27.4 Å². The van der Waals surface area contributed by atoms with Gasteiger partial charge in [-0.1, -0.05) is 6.07 Å². The minimum Gasteiger partial charge on any atom is -0.494 e. The molecule has 0 aliphatic heterocycles. The summed E-state index contributed by atoms with van der Waals surface area (Å²) < 4.78 is 19.0. The molecular weight excluding hydrogens is 418 g/mol. The molecule has 0 fully saturated rings. The molecule has 2 heterocycles. The molecule has 2 aromatic carbocycles. The van der Waals surface area contributed by atoms with Crippen LogP contribution in [-0.2, 0) is 6.61 Å². The number of nitrogens with one attached hydrogen (secondary N) is 1. The number of ether oxygens (including phenoxy) is 3. The second kappa shape index (κ2) is 10.1. The summed E-state index contributed by atoms with van der Waals surface area (Å²) >= 11 is 0. The molecule has 0 saturated carbocycles. The number of imidazole rings is 1. The Morgan fingerprint density at radius 1 is 0.909 bits per heavy atom. The highest BCUT2D eigenvalue weighted by Crippen LogP contribution is 2.30. The van der Waals surface area contributed by atoms with Gasteiger partial charge in [0.2, 0.25) is 0 Å². The molecule has 170 valence electrons. The largest absolute Gasteiger partial charge is 0.494 e. The van der Waals surface area contributed by atoms with Crippen molar-refractivity contribution in [1.29, 1.82) is 0 Å². The average Bonchev–Trinajstić information content (AvgIpc) is 3.22. The molecule has 7 nitrogen and oxygen atoms in total. The molecule has 2 aromatic heterocycles. The first kappa shape index (κ1) is 22.2. The molecule has 0 spiro atoms. The number of aryl methyl sites for hydroxylation is 1. The van der Waals surface area contributed by atoms with E-state index >= 15 is 0 Å². The molecule has 0 atom stereocenters. The third-order valence-electron chi connectivity index (χ3n) is 4.96. The zero-order chi connectivity index (χ0) is 23.2. The van der Waals surface area contributed by atoms with Crippen LogP contribution in [0.5, 0.6) is 17.2 Å². The summed E-state index contributed by atoms with van der Waals surface area (Å²) in [5, 5.41) is 2.91. The molecule has 33 heavy (non-hydrogen) atoms. The van der Waals surface area contributed by atoms with E-state index in [9.17, 15) is 4.79 Å². The minimum absolute atomic E-state index is 0.244. The topological polar surface area (TPSA) is 74.1 Å². The van der Waals surface area contributed by atoms with Gasteiger partial charge in [0.05, 0.1) is 24.6 Å². The number of nitrogens with zero attached hydrogens (tertiary/aromatic N) is 2. The Morgan fingerprint density at radius 3 is 2.42 bits per heavy atom. The highest BCUT2D eigenvalue weighted by molar-refractivity contribution is 6.05. The second-order valence-corrected chi connectivity index (χ2v) is 7.50. The quantitative estimate of drug-likeness (QED) is 0.380. The summed E-state index contributed by atoms with van der Waals surface area (Å²) in [6, 6.07) is 16.4. The van der Waals surface area contributed by atoms with Crippen LogP contribution in [0.15, 0.2) is 67.0 Å². The average molecular weight is 446 g/mol. The predicted molar refractivity (Wildman–Crippen MR) is 127 cm³/mol. The van der Waals surface area contributed by atoms with Gasteiger partial charge in [-0.15, -0.1) is 0 Å². The van der Waals surface area contributed by atoms with Crippen molar-refractivity contribution >= 4 is 17.2 Å². The number of amides is 1. The van der Waals surface area contributed by atoms with E-state index in [1.54, 1.807) is 36.4 Å². The van der Waals surface area contributed by atoms with Crippen molar-refractivity contribution in [3.63, 3.8) is 0 Å². The Morgan fingerprint density at radius 2 is 1.67 bits per heavy atom. The van der Waals surface area contributed by atoms with Crippen LogP contribution in [0.4, 0.5) is 5.69 Å². The first-order valence-electron chi connectivity index (χ1n) is 10.9. The summed E-state index contributed by atoms with van der Waals surface area (Å²) in [6.07, 6.45) is 3.98. The second-order valence-electron chi connectivity index (χ2n) is 7.50. The fourth-order valence-corrected chi connectivity index (χ4v) is 3.42. The van der Waals surface area contributed by atoms with E-state index in [1.807, 2.05) is 55.8 Å². The molecule has 1 N–H and O–H groups in total. The number of hydrogen-bond acceptors (Lipinski definition) is 5. The van der Waals surface area contributed by atoms with Gasteiger partial charge in [-0.05, 0) is 68.8 Å². The first-order chi connectivity index (χ1) is 16.1. The monoisotopic (exact) mass is 445 g/mol. The lowest BCUT2D eigenvalue weighted by Crippen LogP contribution is -2.13. The molecule has 1 amide bonds. The van der Waals surface area contributed by atoms with E-state index in [0.29, 0.717) is 48.3 Å². The van der Waals surface area contributed by atoms with Gasteiger partial charge in [0.25, 0.3) is 5.91 Å². The van der Waals surface area contributed by atoms with E-state index < -0.39 is 0 Å². The number of hydrogen-bond donors (Lipinski definition) is 1. The number of benzene rings is 2. The van der Waals surface area contributed by atoms with Crippen LogP contribution in [0, 0.1) is 6.92 Å². The Hall–Kier alpha value is -4.00. The van der Waals surface area contributed by atoms with Gasteiger partial charge < -0.3 is 23.9 Å². The zero-order valence-corrected chi connectivity index (χ0v) is 19.0. The number of pyridine rings is 1. The lowest BCUT2D eigenvalue weighted by atomic mass is 10.2. The van der Waals surface area contributed by atoms with Gasteiger partial charge in [0.1, 0.15) is 29.5 Å². The van der Waals surface area contributed by atoms with Crippen molar-refractivity contribution in [2.24, 2.45) is 0 Å². The Labute approximate surface area is 192 Å². The fraction of sp³-hybridized carbons (Fsp3) is 0.231. The number of anilines is 1. The molecule has 7 heteroatoms. The third kappa shape index (κ3) is 5.44. The van der Waals surface area contributed by atoms with E-state index in [4.69, 9.17) is 14.2 Å². The number of carbonyl (C=O) groups is 1.